The van der Waals surface area contributed by atoms with Gasteiger partial charge in [0.15, 0.2) is 5.12 Å². The minimum Gasteiger partial charge on any atom is -0.287 e. The third-order valence-corrected chi connectivity index (χ3v) is 13.7. The van der Waals surface area contributed by atoms with Gasteiger partial charge in [-0.2, -0.15) is 0 Å². The highest BCUT2D eigenvalue weighted by molar-refractivity contribution is 8.14. The molecule has 36 heavy (non-hydrogen) atoms. The standard InChI is InChI=1S/C34H56OS/c1-4-5-6-7-8-12-15-26-17-19-30-29-18-16-27-24-28(36-32(35)25-13-10-9-11-14-25)20-22-34(27,3)31(29)21-23-33(26,30)2/h16,25-26,28-31H,4-15,17-24H2,1-3H3/t26-,28+,29-,30-,31-,33-,34+/m1/s1. The van der Waals surface area contributed by atoms with Crippen LogP contribution in [0.1, 0.15) is 149 Å². The van der Waals surface area contributed by atoms with Gasteiger partial charge in [-0.25, -0.2) is 0 Å². The van der Waals surface area contributed by atoms with Crippen molar-refractivity contribution in [1.82, 2.24) is 0 Å². The zero-order valence-electron chi connectivity index (χ0n) is 24.0. The largest absolute Gasteiger partial charge is 0.287 e. The quantitative estimate of drug-likeness (QED) is 0.226. The zero-order chi connectivity index (χ0) is 25.2. The van der Waals surface area contributed by atoms with Crippen LogP contribution < -0.4 is 0 Å². The van der Waals surface area contributed by atoms with E-state index in [0.717, 1.165) is 36.5 Å². The maximum Gasteiger partial charge on any atom is 0.192 e. The fourth-order valence-corrected chi connectivity index (χ4v) is 11.3. The molecule has 204 valence electrons. The molecule has 0 aromatic heterocycles. The molecular formula is C34H56OS. The smallest absolute Gasteiger partial charge is 0.192 e. The van der Waals surface area contributed by atoms with Crippen molar-refractivity contribution in [2.45, 2.75) is 154 Å². The van der Waals surface area contributed by atoms with Crippen LogP contribution in [0.15, 0.2) is 11.6 Å². The minimum absolute atomic E-state index is 0.365. The summed E-state index contributed by atoms with van der Waals surface area (Å²) < 4.78 is 0. The summed E-state index contributed by atoms with van der Waals surface area (Å²) in [6.07, 6.45) is 30.2. The van der Waals surface area contributed by atoms with Crippen LogP contribution in [0, 0.1) is 40.4 Å². The molecule has 0 N–H and O–H groups in total. The van der Waals surface area contributed by atoms with Crippen molar-refractivity contribution >= 4 is 16.9 Å². The Morgan fingerprint density at radius 3 is 2.47 bits per heavy atom. The molecule has 0 bridgehead atoms. The first-order valence-electron chi connectivity index (χ1n) is 16.4. The third kappa shape index (κ3) is 5.42. The van der Waals surface area contributed by atoms with Gasteiger partial charge in [0.05, 0.1) is 0 Å². The van der Waals surface area contributed by atoms with E-state index < -0.39 is 0 Å². The van der Waals surface area contributed by atoms with Gasteiger partial charge in [-0.15, -0.1) is 0 Å². The van der Waals surface area contributed by atoms with Gasteiger partial charge in [0.25, 0.3) is 0 Å². The first kappa shape index (κ1) is 27.3. The van der Waals surface area contributed by atoms with Crippen molar-refractivity contribution < 1.29 is 4.79 Å². The average Bonchev–Trinajstić information content (AvgIpc) is 3.23. The van der Waals surface area contributed by atoms with Gasteiger partial charge in [-0.3, -0.25) is 4.79 Å². The number of thioether (sulfide) groups is 1. The van der Waals surface area contributed by atoms with Crippen molar-refractivity contribution in [3.63, 3.8) is 0 Å². The molecular weight excluding hydrogens is 456 g/mol. The summed E-state index contributed by atoms with van der Waals surface area (Å²) in [5.41, 5.74) is 2.80. The van der Waals surface area contributed by atoms with Gasteiger partial charge in [-0.1, -0.05) is 102 Å². The molecule has 0 aliphatic heterocycles. The Morgan fingerprint density at radius 1 is 0.889 bits per heavy atom. The Kier molecular flexibility index (Phi) is 9.02. The van der Waals surface area contributed by atoms with E-state index in [9.17, 15) is 4.79 Å². The van der Waals surface area contributed by atoms with Crippen molar-refractivity contribution in [2.75, 3.05) is 0 Å². The molecule has 0 unspecified atom stereocenters. The van der Waals surface area contributed by atoms with Crippen molar-refractivity contribution in [1.29, 1.82) is 0 Å². The lowest BCUT2D eigenvalue weighted by atomic mass is 9.47. The number of carbonyl (C=O) groups excluding carboxylic acids is 1. The van der Waals surface area contributed by atoms with Crippen molar-refractivity contribution in [3.8, 4) is 0 Å². The van der Waals surface area contributed by atoms with Gasteiger partial charge in [0.1, 0.15) is 0 Å². The van der Waals surface area contributed by atoms with Crippen molar-refractivity contribution in [2.24, 2.45) is 40.4 Å². The van der Waals surface area contributed by atoms with Crippen LogP contribution in [0.3, 0.4) is 0 Å². The summed E-state index contributed by atoms with van der Waals surface area (Å²) in [6.45, 7) is 7.68. The maximum atomic E-state index is 13.0. The second-order valence-corrected chi connectivity index (χ2v) is 15.6. The second-order valence-electron chi connectivity index (χ2n) is 14.3. The van der Waals surface area contributed by atoms with Gasteiger partial charge in [-0.05, 0) is 105 Å². The van der Waals surface area contributed by atoms with Crippen LogP contribution >= 0.6 is 11.8 Å². The number of unbranched alkanes of at least 4 members (excludes halogenated alkanes) is 5. The molecule has 4 saturated carbocycles. The molecule has 0 spiro atoms. The second kappa shape index (κ2) is 11.9. The highest BCUT2D eigenvalue weighted by Crippen LogP contribution is 2.67. The first-order valence-corrected chi connectivity index (χ1v) is 17.2. The Balaban J connectivity index is 1.18. The highest BCUT2D eigenvalue weighted by Gasteiger charge is 2.58. The maximum absolute atomic E-state index is 13.0. The summed E-state index contributed by atoms with van der Waals surface area (Å²) in [5, 5.41) is 1.09. The Morgan fingerprint density at radius 2 is 1.67 bits per heavy atom. The lowest BCUT2D eigenvalue weighted by molar-refractivity contribution is -0.115. The Bertz CT molecular complexity index is 780. The third-order valence-electron chi connectivity index (χ3n) is 12.4. The Hall–Kier alpha value is -0.240. The van der Waals surface area contributed by atoms with Crippen LogP contribution in [0.25, 0.3) is 0 Å². The van der Waals surface area contributed by atoms with E-state index in [1.807, 2.05) is 0 Å². The topological polar surface area (TPSA) is 17.1 Å². The summed E-state index contributed by atoms with van der Waals surface area (Å²) in [5.74, 6) is 4.16. The molecule has 0 amide bonds. The number of hydrogen-bond acceptors (Lipinski definition) is 2. The van der Waals surface area contributed by atoms with E-state index in [4.69, 9.17) is 0 Å². The molecule has 0 aromatic rings. The first-order chi connectivity index (χ1) is 17.5. The van der Waals surface area contributed by atoms with Crippen molar-refractivity contribution in [3.05, 3.63) is 11.6 Å². The summed E-state index contributed by atoms with van der Waals surface area (Å²) in [7, 11) is 0. The highest BCUT2D eigenvalue weighted by atomic mass is 32.2. The average molecular weight is 513 g/mol. The fraction of sp³-hybridized carbons (Fsp3) is 0.912. The molecule has 0 heterocycles. The van der Waals surface area contributed by atoms with E-state index >= 15 is 0 Å². The number of carbonyl (C=O) groups is 1. The number of rotatable bonds is 9. The van der Waals surface area contributed by atoms with Crippen LogP contribution in [0.2, 0.25) is 0 Å². The molecule has 5 rings (SSSR count). The van der Waals surface area contributed by atoms with Crippen LogP contribution in [-0.2, 0) is 4.79 Å². The van der Waals surface area contributed by atoms with Gasteiger partial charge in [0.2, 0.25) is 0 Å². The van der Waals surface area contributed by atoms with E-state index in [-0.39, 0.29) is 0 Å². The molecule has 7 atom stereocenters. The molecule has 4 fully saturated rings. The number of allylic oxidation sites excluding steroid dienone is 2. The fourth-order valence-electron chi connectivity index (χ4n) is 10.1. The summed E-state index contributed by atoms with van der Waals surface area (Å²) in [4.78, 5) is 13.0. The zero-order valence-corrected chi connectivity index (χ0v) is 24.8. The van der Waals surface area contributed by atoms with Gasteiger partial charge >= 0.3 is 0 Å². The molecule has 1 nitrogen and oxygen atoms in total. The summed E-state index contributed by atoms with van der Waals surface area (Å²) in [6, 6.07) is 0. The SMILES string of the molecule is CCCCCCCC[C@@H]1CC[C@@H]2[C@H]3CC=C4C[C@@H](SC(=O)C5CCCCC5)CC[C@]4(C)[C@@H]3CC[C@]12C. The summed E-state index contributed by atoms with van der Waals surface area (Å²) >= 11 is 1.76. The molecule has 0 radical (unpaired) electrons. The molecule has 0 saturated heterocycles. The lowest BCUT2D eigenvalue weighted by Gasteiger charge is -2.58. The van der Waals surface area contributed by atoms with E-state index in [1.165, 1.54) is 116 Å². The van der Waals surface area contributed by atoms with E-state index in [2.05, 4.69) is 26.8 Å². The van der Waals surface area contributed by atoms with E-state index in [0.29, 0.717) is 27.1 Å². The van der Waals surface area contributed by atoms with Crippen LogP contribution in [-0.4, -0.2) is 10.4 Å². The predicted octanol–water partition coefficient (Wildman–Crippen LogP) is 10.5. The van der Waals surface area contributed by atoms with Gasteiger partial charge in [0, 0.05) is 11.2 Å². The normalized spacial score (nSPS) is 40.8. The predicted molar refractivity (Wildman–Crippen MR) is 156 cm³/mol. The van der Waals surface area contributed by atoms with Crippen LogP contribution in [0.4, 0.5) is 0 Å². The van der Waals surface area contributed by atoms with Gasteiger partial charge < -0.3 is 0 Å². The number of fused-ring (bicyclic) bond motifs is 5. The molecule has 2 heteroatoms. The Labute approximate surface area is 227 Å². The minimum atomic E-state index is 0.365. The number of hydrogen-bond donors (Lipinski definition) is 0. The van der Waals surface area contributed by atoms with Crippen LogP contribution in [0.5, 0.6) is 0 Å². The lowest BCUT2D eigenvalue weighted by Crippen LogP contribution is -2.50. The monoisotopic (exact) mass is 512 g/mol. The molecule has 0 aromatic carbocycles. The van der Waals surface area contributed by atoms with E-state index in [1.54, 1.807) is 17.3 Å². The molecule has 5 aliphatic rings. The molecule has 5 aliphatic carbocycles.